The number of carbonyl (C=O) groups excluding carboxylic acids is 1. The van der Waals surface area contributed by atoms with Crippen LogP contribution in [0.3, 0.4) is 0 Å². The zero-order chi connectivity index (χ0) is 35.9. The summed E-state index contributed by atoms with van der Waals surface area (Å²) in [5.74, 6) is 3.10. The Labute approximate surface area is 304 Å². The third-order valence-electron chi connectivity index (χ3n) is 8.81. The fourth-order valence-corrected chi connectivity index (χ4v) is 6.96. The van der Waals surface area contributed by atoms with E-state index in [1.54, 1.807) is 16.9 Å². The van der Waals surface area contributed by atoms with Crippen molar-refractivity contribution < 1.29 is 19.0 Å². The summed E-state index contributed by atoms with van der Waals surface area (Å²) in [5.41, 5.74) is 2.59. The molecule has 12 heteroatoms. The van der Waals surface area contributed by atoms with Crippen molar-refractivity contribution in [3.63, 3.8) is 0 Å². The minimum absolute atomic E-state index is 0.383. The highest BCUT2D eigenvalue weighted by molar-refractivity contribution is 6.88. The van der Waals surface area contributed by atoms with Gasteiger partial charge in [-0.15, -0.1) is 0 Å². The second-order valence-corrected chi connectivity index (χ2v) is 18.7. The largest absolute Gasteiger partial charge is 0.492 e. The van der Waals surface area contributed by atoms with E-state index in [4.69, 9.17) is 19.3 Å². The van der Waals surface area contributed by atoms with Crippen LogP contribution in [0.5, 0.6) is 17.4 Å². The van der Waals surface area contributed by atoms with Crippen molar-refractivity contribution in [1.29, 1.82) is 0 Å². The molecule has 0 radical (unpaired) electrons. The highest BCUT2D eigenvalue weighted by Crippen LogP contribution is 2.34. The van der Waals surface area contributed by atoms with Crippen molar-refractivity contribution in [1.82, 2.24) is 24.6 Å². The van der Waals surface area contributed by atoms with Gasteiger partial charge in [0.05, 0.1) is 24.6 Å². The molecule has 0 atom stereocenters. The zero-order valence-electron chi connectivity index (χ0n) is 29.7. The summed E-state index contributed by atoms with van der Waals surface area (Å²) >= 11 is 0. The lowest BCUT2D eigenvalue weighted by Gasteiger charge is -2.26. The lowest BCUT2D eigenvalue weighted by atomic mass is 10.1. The summed E-state index contributed by atoms with van der Waals surface area (Å²) in [4.78, 5) is 25.0. The van der Waals surface area contributed by atoms with Gasteiger partial charge in [0.25, 0.3) is 0 Å². The summed E-state index contributed by atoms with van der Waals surface area (Å²) < 4.78 is 19.5. The Kier molecular flexibility index (Phi) is 10.6. The number of hydrogen-bond donors (Lipinski definition) is 2. The van der Waals surface area contributed by atoms with E-state index in [0.29, 0.717) is 42.0 Å². The molecule has 6 aromatic rings. The van der Waals surface area contributed by atoms with Crippen LogP contribution in [0, 0.1) is 0 Å². The molecule has 266 valence electrons. The van der Waals surface area contributed by atoms with Crippen molar-refractivity contribution in [2.75, 3.05) is 50.1 Å². The SMILES string of the molecule is C[Si](C)(C)c1cc(NC(=O)Nc2ccc(Oc3ccnc(Cc4ccccc4)n3)c3ccccc23)n(-c2ccc(OCCN3CCOCC3)cc2)n1. The van der Waals surface area contributed by atoms with Gasteiger partial charge in [0.2, 0.25) is 5.88 Å². The van der Waals surface area contributed by atoms with Crippen LogP contribution >= 0.6 is 0 Å². The summed E-state index contributed by atoms with van der Waals surface area (Å²) in [6.07, 6.45) is 2.31. The van der Waals surface area contributed by atoms with Gasteiger partial charge in [-0.05, 0) is 48.0 Å². The number of hydrogen-bond acceptors (Lipinski definition) is 8. The number of carbonyl (C=O) groups is 1. The number of aromatic nitrogens is 4. The maximum absolute atomic E-state index is 13.6. The van der Waals surface area contributed by atoms with Gasteiger partial charge >= 0.3 is 6.03 Å². The molecule has 0 unspecified atom stereocenters. The second kappa shape index (κ2) is 15.8. The molecule has 3 heterocycles. The average molecular weight is 714 g/mol. The highest BCUT2D eigenvalue weighted by atomic mass is 28.3. The summed E-state index contributed by atoms with van der Waals surface area (Å²) in [5, 5.41) is 13.7. The fraction of sp³-hybridized carbons (Fsp3) is 0.250. The van der Waals surface area contributed by atoms with Crippen molar-refractivity contribution >= 4 is 41.7 Å². The number of nitrogens with one attached hydrogen (secondary N) is 2. The van der Waals surface area contributed by atoms with E-state index in [9.17, 15) is 4.79 Å². The quantitative estimate of drug-likeness (QED) is 0.129. The summed E-state index contributed by atoms with van der Waals surface area (Å²) in [7, 11) is -1.81. The molecule has 0 bridgehead atoms. The number of benzene rings is 4. The van der Waals surface area contributed by atoms with E-state index in [2.05, 4.69) is 45.1 Å². The van der Waals surface area contributed by atoms with Gasteiger partial charge in [0.1, 0.15) is 37.8 Å². The van der Waals surface area contributed by atoms with Crippen LogP contribution < -0.4 is 25.4 Å². The zero-order valence-corrected chi connectivity index (χ0v) is 30.7. The van der Waals surface area contributed by atoms with Crippen LogP contribution in [-0.2, 0) is 11.2 Å². The van der Waals surface area contributed by atoms with Crippen LogP contribution in [0.4, 0.5) is 16.3 Å². The number of nitrogens with zero attached hydrogens (tertiary/aromatic N) is 5. The first kappa shape index (κ1) is 34.9. The standard InChI is InChI=1S/C40H43N7O4Si/c1-52(2,3)39-28-37(47(45-39)30-13-15-31(16-14-30)50-26-23-46-21-24-49-25-22-46)44-40(48)42-34-17-18-35(33-12-8-7-11-32(33)34)51-38-19-20-41-36(43-38)27-29-9-5-4-6-10-29/h4-20,28H,21-27H2,1-3H3,(H2,42,44,48). The molecule has 2 amide bonds. The molecule has 4 aromatic carbocycles. The van der Waals surface area contributed by atoms with Crippen molar-refractivity contribution in [2.24, 2.45) is 0 Å². The van der Waals surface area contributed by atoms with Crippen LogP contribution in [0.25, 0.3) is 16.5 Å². The molecular weight excluding hydrogens is 671 g/mol. The number of urea groups is 1. The molecule has 1 aliphatic heterocycles. The van der Waals surface area contributed by atoms with Gasteiger partial charge < -0.3 is 19.5 Å². The molecule has 0 aliphatic carbocycles. The molecule has 11 nitrogen and oxygen atoms in total. The van der Waals surface area contributed by atoms with E-state index in [-0.39, 0.29) is 6.03 Å². The molecule has 7 rings (SSSR count). The first-order valence-corrected chi connectivity index (χ1v) is 21.1. The maximum Gasteiger partial charge on any atom is 0.324 e. The number of ether oxygens (including phenoxy) is 3. The van der Waals surface area contributed by atoms with E-state index in [1.165, 1.54) is 0 Å². The smallest absolute Gasteiger partial charge is 0.324 e. The van der Waals surface area contributed by atoms with E-state index >= 15 is 0 Å². The van der Waals surface area contributed by atoms with E-state index < -0.39 is 8.07 Å². The van der Waals surface area contributed by atoms with Gasteiger partial charge in [-0.3, -0.25) is 10.2 Å². The van der Waals surface area contributed by atoms with Crippen LogP contribution in [0.1, 0.15) is 11.4 Å². The predicted octanol–water partition coefficient (Wildman–Crippen LogP) is 7.10. The predicted molar refractivity (Wildman–Crippen MR) is 207 cm³/mol. The van der Waals surface area contributed by atoms with Crippen molar-refractivity contribution in [2.45, 2.75) is 26.1 Å². The molecule has 1 aliphatic rings. The number of morpholine rings is 1. The Hall–Kier alpha value is -5.56. The van der Waals surface area contributed by atoms with Gasteiger partial charge in [-0.2, -0.15) is 10.1 Å². The molecule has 2 aromatic heterocycles. The summed E-state index contributed by atoms with van der Waals surface area (Å²) in [6.45, 7) is 11.6. The van der Waals surface area contributed by atoms with Gasteiger partial charge in [-0.25, -0.2) is 14.5 Å². The Balaban J connectivity index is 1.05. The fourth-order valence-electron chi connectivity index (χ4n) is 5.99. The van der Waals surface area contributed by atoms with E-state index in [0.717, 1.165) is 65.9 Å². The lowest BCUT2D eigenvalue weighted by Crippen LogP contribution is -2.39. The maximum atomic E-state index is 13.6. The number of anilines is 2. The Bertz CT molecular complexity index is 2130. The number of fused-ring (bicyclic) bond motifs is 1. The second-order valence-electron chi connectivity index (χ2n) is 13.7. The minimum Gasteiger partial charge on any atom is -0.492 e. The molecule has 0 saturated carbocycles. The lowest BCUT2D eigenvalue weighted by molar-refractivity contribution is 0.0322. The minimum atomic E-state index is -1.81. The Morgan fingerprint density at radius 1 is 0.865 bits per heavy atom. The molecule has 52 heavy (non-hydrogen) atoms. The molecule has 2 N–H and O–H groups in total. The van der Waals surface area contributed by atoms with Crippen molar-refractivity contribution in [3.8, 4) is 23.1 Å². The third kappa shape index (κ3) is 8.65. The van der Waals surface area contributed by atoms with Gasteiger partial charge in [-0.1, -0.05) is 74.2 Å². The first-order chi connectivity index (χ1) is 25.3. The Morgan fingerprint density at radius 2 is 1.62 bits per heavy atom. The normalized spacial score (nSPS) is 13.5. The van der Waals surface area contributed by atoms with Gasteiger partial charge in [0, 0.05) is 54.4 Å². The molecule has 0 spiro atoms. The molecule has 1 fully saturated rings. The Morgan fingerprint density at radius 3 is 2.38 bits per heavy atom. The molecule has 1 saturated heterocycles. The summed E-state index contributed by atoms with van der Waals surface area (Å²) in [6, 6.07) is 32.7. The molecular formula is C40H43N7O4Si. The van der Waals surface area contributed by atoms with Gasteiger partial charge in [0.15, 0.2) is 0 Å². The number of amides is 2. The van der Waals surface area contributed by atoms with E-state index in [1.807, 2.05) is 97.1 Å². The monoisotopic (exact) mass is 713 g/mol. The van der Waals surface area contributed by atoms with Crippen LogP contribution in [0.15, 0.2) is 109 Å². The highest BCUT2D eigenvalue weighted by Gasteiger charge is 2.24. The third-order valence-corrected chi connectivity index (χ3v) is 10.6. The first-order valence-electron chi connectivity index (χ1n) is 17.6. The number of rotatable bonds is 12. The topological polar surface area (TPSA) is 116 Å². The van der Waals surface area contributed by atoms with Crippen LogP contribution in [0.2, 0.25) is 19.6 Å². The average Bonchev–Trinajstić information content (AvgIpc) is 3.58. The van der Waals surface area contributed by atoms with Crippen LogP contribution in [-0.4, -0.2) is 78.2 Å². The van der Waals surface area contributed by atoms with Crippen molar-refractivity contribution in [3.05, 3.63) is 121 Å².